The van der Waals surface area contributed by atoms with Gasteiger partial charge in [-0.15, -0.1) is 0 Å². The molecule has 5 aromatic rings. The average molecular weight is 493 g/mol. The van der Waals surface area contributed by atoms with Gasteiger partial charge in [-0.1, -0.05) is 25.1 Å². The number of hydrogen-bond donors (Lipinski definition) is 1. The molecular weight excluding hydrogens is 464 g/mol. The second-order valence-electron chi connectivity index (χ2n) is 8.62. The molecule has 182 valence electrons. The molecule has 0 aliphatic rings. The largest absolute Gasteiger partial charge is 0.495 e. The lowest BCUT2D eigenvalue weighted by molar-refractivity contribution is 0.417. The Bertz CT molecular complexity index is 1650. The van der Waals surface area contributed by atoms with Gasteiger partial charge >= 0.3 is 0 Å². The third-order valence-electron chi connectivity index (χ3n) is 6.16. The maximum atomic E-state index is 12.6. The van der Waals surface area contributed by atoms with Crippen LogP contribution in [0.5, 0.6) is 5.75 Å². The summed E-state index contributed by atoms with van der Waals surface area (Å²) in [5.41, 5.74) is 3.95. The molecule has 9 heteroatoms. The first kappa shape index (κ1) is 23.2. The van der Waals surface area contributed by atoms with Crippen molar-refractivity contribution in [3.63, 3.8) is 0 Å². The van der Waals surface area contributed by atoms with Gasteiger partial charge in [-0.25, -0.2) is 17.7 Å². The van der Waals surface area contributed by atoms with Crippen LogP contribution in [0.1, 0.15) is 19.2 Å². The Morgan fingerprint density at radius 3 is 2.60 bits per heavy atom. The Labute approximate surface area is 204 Å². The SMILES string of the molecule is CCCn1c(CNc2cc3oc4ccccc4c3cc2OC)nc2cc(S(=O)(=O)N(C)C)ccc21. The summed E-state index contributed by atoms with van der Waals surface area (Å²) in [6.45, 7) is 3.31. The minimum Gasteiger partial charge on any atom is -0.495 e. The van der Waals surface area contributed by atoms with Gasteiger partial charge in [0, 0.05) is 37.5 Å². The summed E-state index contributed by atoms with van der Waals surface area (Å²) in [5.74, 6) is 1.52. The minimum atomic E-state index is -3.54. The number of furan rings is 1. The van der Waals surface area contributed by atoms with Crippen LogP contribution in [0.15, 0.2) is 63.9 Å². The Morgan fingerprint density at radius 2 is 1.86 bits per heavy atom. The van der Waals surface area contributed by atoms with Gasteiger partial charge in [0.15, 0.2) is 0 Å². The van der Waals surface area contributed by atoms with Crippen molar-refractivity contribution in [1.29, 1.82) is 0 Å². The van der Waals surface area contributed by atoms with Crippen molar-refractivity contribution in [3.05, 3.63) is 60.4 Å². The van der Waals surface area contributed by atoms with E-state index in [9.17, 15) is 8.42 Å². The van der Waals surface area contributed by atoms with Crippen molar-refractivity contribution in [3.8, 4) is 5.75 Å². The van der Waals surface area contributed by atoms with Crippen LogP contribution >= 0.6 is 0 Å². The fourth-order valence-electron chi connectivity index (χ4n) is 4.37. The van der Waals surface area contributed by atoms with E-state index in [1.165, 1.54) is 18.4 Å². The Balaban J connectivity index is 1.52. The number of rotatable bonds is 8. The lowest BCUT2D eigenvalue weighted by atomic mass is 10.1. The molecule has 1 N–H and O–H groups in total. The molecule has 0 aliphatic carbocycles. The summed E-state index contributed by atoms with van der Waals surface area (Å²) in [6.07, 6.45) is 0.921. The highest BCUT2D eigenvalue weighted by Crippen LogP contribution is 2.36. The number of nitrogens with zero attached hydrogens (tertiary/aromatic N) is 3. The van der Waals surface area contributed by atoms with Crippen LogP contribution in [0.2, 0.25) is 0 Å². The van der Waals surface area contributed by atoms with Crippen LogP contribution in [0.25, 0.3) is 33.0 Å². The summed E-state index contributed by atoms with van der Waals surface area (Å²) in [6, 6.07) is 17.0. The number of anilines is 1. The van der Waals surface area contributed by atoms with Gasteiger partial charge in [-0.05, 0) is 36.8 Å². The standard InChI is InChI=1S/C26H28N4O4S/c1-5-12-30-22-11-10-17(35(31,32)29(2)3)13-20(22)28-26(30)16-27-21-15-24-19(14-25(21)33-4)18-8-6-7-9-23(18)34-24/h6-11,13-15,27H,5,12,16H2,1-4H3. The topological polar surface area (TPSA) is 89.6 Å². The van der Waals surface area contributed by atoms with Crippen molar-refractivity contribution >= 4 is 48.7 Å². The Hall–Kier alpha value is -3.56. The van der Waals surface area contributed by atoms with Crippen molar-refractivity contribution in [2.24, 2.45) is 0 Å². The van der Waals surface area contributed by atoms with E-state index in [0.29, 0.717) is 17.8 Å². The second-order valence-corrected chi connectivity index (χ2v) is 10.8. The molecule has 5 rings (SSSR count). The number of sulfonamides is 1. The zero-order chi connectivity index (χ0) is 24.7. The van der Waals surface area contributed by atoms with Gasteiger partial charge in [0.2, 0.25) is 10.0 Å². The first-order chi connectivity index (χ1) is 16.8. The first-order valence-corrected chi connectivity index (χ1v) is 12.9. The number of methoxy groups -OCH3 is 1. The van der Waals surface area contributed by atoms with Gasteiger partial charge in [-0.3, -0.25) is 0 Å². The number of aryl methyl sites for hydroxylation is 1. The Morgan fingerprint density at radius 1 is 1.06 bits per heavy atom. The summed E-state index contributed by atoms with van der Waals surface area (Å²) < 4.78 is 40.3. The quantitative estimate of drug-likeness (QED) is 0.320. The van der Waals surface area contributed by atoms with E-state index in [2.05, 4.69) is 16.8 Å². The molecule has 2 heterocycles. The molecule has 2 aromatic heterocycles. The van der Waals surface area contributed by atoms with Gasteiger partial charge in [0.25, 0.3) is 0 Å². The number of fused-ring (bicyclic) bond motifs is 4. The molecular formula is C26H28N4O4S. The Kier molecular flexibility index (Phi) is 5.90. The van der Waals surface area contributed by atoms with E-state index in [0.717, 1.165) is 51.9 Å². The molecule has 8 nitrogen and oxygen atoms in total. The third-order valence-corrected chi connectivity index (χ3v) is 7.97. The van der Waals surface area contributed by atoms with Crippen LogP contribution in [-0.4, -0.2) is 43.5 Å². The monoisotopic (exact) mass is 492 g/mol. The number of nitrogens with one attached hydrogen (secondary N) is 1. The van der Waals surface area contributed by atoms with E-state index in [1.54, 1.807) is 19.2 Å². The fraction of sp³-hybridized carbons (Fsp3) is 0.269. The number of para-hydroxylation sites is 1. The van der Waals surface area contributed by atoms with Crippen LogP contribution in [0.3, 0.4) is 0 Å². The molecule has 0 bridgehead atoms. The summed E-state index contributed by atoms with van der Waals surface area (Å²) >= 11 is 0. The van der Waals surface area contributed by atoms with E-state index in [1.807, 2.05) is 42.5 Å². The molecule has 0 spiro atoms. The van der Waals surface area contributed by atoms with Crippen LogP contribution < -0.4 is 10.1 Å². The van der Waals surface area contributed by atoms with Crippen LogP contribution in [0.4, 0.5) is 5.69 Å². The van der Waals surface area contributed by atoms with E-state index in [4.69, 9.17) is 14.1 Å². The van der Waals surface area contributed by atoms with Crippen LogP contribution in [-0.2, 0) is 23.1 Å². The maximum absolute atomic E-state index is 12.6. The van der Waals surface area contributed by atoms with Gasteiger partial charge in [-0.2, -0.15) is 0 Å². The molecule has 0 fully saturated rings. The highest BCUT2D eigenvalue weighted by Gasteiger charge is 2.20. The first-order valence-electron chi connectivity index (χ1n) is 11.5. The van der Waals surface area contributed by atoms with E-state index in [-0.39, 0.29) is 4.90 Å². The highest BCUT2D eigenvalue weighted by atomic mass is 32.2. The van der Waals surface area contributed by atoms with Gasteiger partial charge in [0.1, 0.15) is 22.7 Å². The molecule has 0 unspecified atom stereocenters. The lowest BCUT2D eigenvalue weighted by Crippen LogP contribution is -2.22. The van der Waals surface area contributed by atoms with Crippen LogP contribution in [0, 0.1) is 0 Å². The fourth-order valence-corrected chi connectivity index (χ4v) is 5.29. The summed E-state index contributed by atoms with van der Waals surface area (Å²) in [5, 5.41) is 5.48. The zero-order valence-electron chi connectivity index (χ0n) is 20.2. The molecule has 0 aliphatic heterocycles. The molecule has 35 heavy (non-hydrogen) atoms. The number of hydrogen-bond acceptors (Lipinski definition) is 6. The third kappa shape index (κ3) is 4.00. The number of imidazole rings is 1. The number of ether oxygens (including phenoxy) is 1. The van der Waals surface area contributed by atoms with E-state index >= 15 is 0 Å². The molecule has 0 radical (unpaired) electrons. The molecule has 0 saturated carbocycles. The second kappa shape index (κ2) is 8.90. The molecule has 3 aromatic carbocycles. The highest BCUT2D eigenvalue weighted by molar-refractivity contribution is 7.89. The predicted octanol–water partition coefficient (Wildman–Crippen LogP) is 5.22. The molecule has 0 amide bonds. The molecule has 0 saturated heterocycles. The van der Waals surface area contributed by atoms with Crippen molar-refractivity contribution in [1.82, 2.24) is 13.9 Å². The smallest absolute Gasteiger partial charge is 0.242 e. The lowest BCUT2D eigenvalue weighted by Gasteiger charge is -2.13. The summed E-state index contributed by atoms with van der Waals surface area (Å²) in [4.78, 5) is 5.01. The van der Waals surface area contributed by atoms with Gasteiger partial charge in [0.05, 0.1) is 35.3 Å². The zero-order valence-corrected chi connectivity index (χ0v) is 21.0. The maximum Gasteiger partial charge on any atom is 0.242 e. The minimum absolute atomic E-state index is 0.229. The number of aromatic nitrogens is 2. The average Bonchev–Trinajstić information content (AvgIpc) is 3.39. The predicted molar refractivity (Wildman–Crippen MR) is 138 cm³/mol. The van der Waals surface area contributed by atoms with E-state index < -0.39 is 10.0 Å². The van der Waals surface area contributed by atoms with Crippen molar-refractivity contribution in [2.45, 2.75) is 31.3 Å². The van der Waals surface area contributed by atoms with Gasteiger partial charge < -0.3 is 19.0 Å². The van der Waals surface area contributed by atoms with Crippen molar-refractivity contribution < 1.29 is 17.6 Å². The number of benzene rings is 3. The normalized spacial score (nSPS) is 12.3. The molecule has 0 atom stereocenters. The summed E-state index contributed by atoms with van der Waals surface area (Å²) in [7, 11) is 1.16. The van der Waals surface area contributed by atoms with Crippen molar-refractivity contribution in [2.75, 3.05) is 26.5 Å².